The van der Waals surface area contributed by atoms with E-state index in [1.165, 1.54) is 16.5 Å². The van der Waals surface area contributed by atoms with Crippen LogP contribution < -0.4 is 10.2 Å². The molecule has 3 heterocycles. The van der Waals surface area contributed by atoms with Gasteiger partial charge in [-0.05, 0) is 25.1 Å². The van der Waals surface area contributed by atoms with Crippen LogP contribution in [-0.4, -0.2) is 61.8 Å². The van der Waals surface area contributed by atoms with Gasteiger partial charge in [-0.2, -0.15) is 0 Å². The molecule has 1 unspecified atom stereocenters. The van der Waals surface area contributed by atoms with Crippen LogP contribution in [0.4, 0.5) is 5.82 Å². The smallest absolute Gasteiger partial charge is 0.269 e. The molecule has 1 N–H and O–H groups in total. The molecule has 0 bridgehead atoms. The second-order valence-corrected chi connectivity index (χ2v) is 8.72. The number of likely N-dealkylation sites (N-methyl/N-ethyl adjacent to an activating group) is 1. The van der Waals surface area contributed by atoms with E-state index in [4.69, 9.17) is 4.74 Å². The van der Waals surface area contributed by atoms with E-state index in [0.717, 1.165) is 18.7 Å². The minimum absolute atomic E-state index is 0.0951. The number of benzene rings is 1. The second-order valence-electron chi connectivity index (χ2n) is 6.91. The van der Waals surface area contributed by atoms with E-state index >= 15 is 0 Å². The molecule has 4 rings (SSSR count). The monoisotopic (exact) mass is 401 g/mol. The first kappa shape index (κ1) is 18.9. The largest absolute Gasteiger partial charge is 0.378 e. The van der Waals surface area contributed by atoms with Crippen LogP contribution in [0.2, 0.25) is 0 Å². The number of anilines is 1. The Morgan fingerprint density at radius 3 is 2.79 bits per heavy atom. The van der Waals surface area contributed by atoms with Gasteiger partial charge >= 0.3 is 0 Å². The van der Waals surface area contributed by atoms with Crippen LogP contribution >= 0.6 is 0 Å². The Morgan fingerprint density at radius 1 is 1.21 bits per heavy atom. The number of hydrogen-bond acceptors (Lipinski definition) is 7. The zero-order valence-corrected chi connectivity index (χ0v) is 16.7. The molecular weight excluding hydrogens is 378 g/mol. The molecule has 1 saturated heterocycles. The highest BCUT2D eigenvalue weighted by Gasteiger charge is 2.24. The van der Waals surface area contributed by atoms with E-state index in [1.54, 1.807) is 30.3 Å². The van der Waals surface area contributed by atoms with Crippen molar-refractivity contribution in [1.29, 1.82) is 0 Å². The quantitative estimate of drug-likeness (QED) is 0.707. The van der Waals surface area contributed by atoms with Crippen LogP contribution in [0.3, 0.4) is 0 Å². The first-order valence-corrected chi connectivity index (χ1v) is 10.6. The summed E-state index contributed by atoms with van der Waals surface area (Å²) in [6.45, 7) is 4.76. The number of nitrogens with one attached hydrogen (secondary N) is 1. The Hall–Kier alpha value is -2.49. The molecule has 8 nitrogen and oxygen atoms in total. The zero-order chi connectivity index (χ0) is 19.7. The fraction of sp³-hybridized carbons (Fsp3) is 0.368. The lowest BCUT2D eigenvalue weighted by Gasteiger charge is -2.27. The first-order chi connectivity index (χ1) is 13.5. The van der Waals surface area contributed by atoms with E-state index in [-0.39, 0.29) is 10.9 Å². The van der Waals surface area contributed by atoms with E-state index in [0.29, 0.717) is 30.1 Å². The van der Waals surface area contributed by atoms with Crippen molar-refractivity contribution in [3.8, 4) is 0 Å². The Balaban J connectivity index is 1.75. The molecule has 2 aromatic heterocycles. The highest BCUT2D eigenvalue weighted by atomic mass is 32.2. The van der Waals surface area contributed by atoms with E-state index in [2.05, 4.69) is 15.3 Å². The van der Waals surface area contributed by atoms with Crippen molar-refractivity contribution < 1.29 is 13.2 Å². The molecule has 3 aromatic rings. The highest BCUT2D eigenvalue weighted by molar-refractivity contribution is 7.90. The fourth-order valence-corrected chi connectivity index (χ4v) is 4.63. The van der Waals surface area contributed by atoms with Crippen molar-refractivity contribution >= 4 is 26.9 Å². The van der Waals surface area contributed by atoms with Gasteiger partial charge in [-0.25, -0.2) is 22.4 Å². The normalized spacial score (nSPS) is 18.1. The minimum Gasteiger partial charge on any atom is -0.378 e. The van der Waals surface area contributed by atoms with Crippen molar-refractivity contribution in [2.75, 3.05) is 38.3 Å². The fourth-order valence-electron chi connectivity index (χ4n) is 3.33. The number of aryl methyl sites for hydroxylation is 1. The summed E-state index contributed by atoms with van der Waals surface area (Å²) in [6.07, 6.45) is 2.94. The number of fused-ring (bicyclic) bond motifs is 1. The zero-order valence-electron chi connectivity index (χ0n) is 15.9. The molecule has 148 valence electrons. The third-order valence-corrected chi connectivity index (χ3v) is 6.68. The molecule has 0 spiro atoms. The van der Waals surface area contributed by atoms with Crippen molar-refractivity contribution in [3.63, 3.8) is 0 Å². The molecule has 0 amide bonds. The van der Waals surface area contributed by atoms with E-state index in [9.17, 15) is 8.42 Å². The van der Waals surface area contributed by atoms with Gasteiger partial charge in [0.05, 0.1) is 29.5 Å². The molecule has 0 aliphatic carbocycles. The molecule has 28 heavy (non-hydrogen) atoms. The summed E-state index contributed by atoms with van der Waals surface area (Å²) in [7, 11) is -1.80. The van der Waals surface area contributed by atoms with E-state index < -0.39 is 10.0 Å². The van der Waals surface area contributed by atoms with Crippen LogP contribution in [0.5, 0.6) is 0 Å². The molecule has 1 aliphatic heterocycles. The summed E-state index contributed by atoms with van der Waals surface area (Å²) in [5, 5.41) is 4.03. The Labute approximate surface area is 164 Å². The molecule has 0 radical (unpaired) electrons. The van der Waals surface area contributed by atoms with Gasteiger partial charge in [0.2, 0.25) is 0 Å². The predicted molar refractivity (Wildman–Crippen MR) is 107 cm³/mol. The third-order valence-electron chi connectivity index (χ3n) is 5.00. The van der Waals surface area contributed by atoms with E-state index in [1.807, 2.05) is 18.9 Å². The van der Waals surface area contributed by atoms with Gasteiger partial charge < -0.3 is 15.0 Å². The van der Waals surface area contributed by atoms with Gasteiger partial charge in [-0.3, -0.25) is 0 Å². The van der Waals surface area contributed by atoms with Crippen molar-refractivity contribution in [3.05, 3.63) is 48.4 Å². The van der Waals surface area contributed by atoms with Crippen molar-refractivity contribution in [1.82, 2.24) is 19.3 Å². The van der Waals surface area contributed by atoms with Gasteiger partial charge in [0.1, 0.15) is 12.1 Å². The molecule has 1 aliphatic rings. The Bertz CT molecular complexity index is 1070. The molecule has 0 saturated carbocycles. The lowest BCUT2D eigenvalue weighted by Crippen LogP contribution is -2.42. The van der Waals surface area contributed by atoms with Crippen molar-refractivity contribution in [2.24, 2.45) is 0 Å². The minimum atomic E-state index is -3.74. The van der Waals surface area contributed by atoms with Crippen LogP contribution in [0.1, 0.15) is 5.56 Å². The number of hydrogen-bond donors (Lipinski definition) is 1. The summed E-state index contributed by atoms with van der Waals surface area (Å²) in [4.78, 5) is 10.9. The first-order valence-electron chi connectivity index (χ1n) is 9.14. The van der Waals surface area contributed by atoms with Gasteiger partial charge in [-0.15, -0.1) is 0 Å². The van der Waals surface area contributed by atoms with Crippen LogP contribution in [0, 0.1) is 6.92 Å². The summed E-state index contributed by atoms with van der Waals surface area (Å²) in [6, 6.07) is 8.63. The maximum atomic E-state index is 13.1. The Morgan fingerprint density at radius 2 is 2.00 bits per heavy atom. The maximum Gasteiger partial charge on any atom is 0.269 e. The summed E-state index contributed by atoms with van der Waals surface area (Å²) >= 11 is 0. The van der Waals surface area contributed by atoms with Crippen molar-refractivity contribution in [2.45, 2.75) is 17.9 Å². The number of aromatic nitrogens is 3. The number of ether oxygens (including phenoxy) is 1. The topological polar surface area (TPSA) is 89.4 Å². The molecule has 1 aromatic carbocycles. The van der Waals surface area contributed by atoms with Crippen LogP contribution in [0.25, 0.3) is 11.0 Å². The SMILES string of the molecule is Cc1ccc(S(=O)(=O)n2ccc3c(N(C)C4CNCCOC4)ncnc32)cc1. The lowest BCUT2D eigenvalue weighted by molar-refractivity contribution is 0.141. The van der Waals surface area contributed by atoms with Crippen LogP contribution in [0.15, 0.2) is 47.8 Å². The molecule has 1 atom stereocenters. The maximum absolute atomic E-state index is 13.1. The van der Waals surface area contributed by atoms with Gasteiger partial charge in [0.25, 0.3) is 10.0 Å². The summed E-state index contributed by atoms with van der Waals surface area (Å²) < 4.78 is 33.1. The number of nitrogens with zero attached hydrogens (tertiary/aromatic N) is 4. The van der Waals surface area contributed by atoms with Gasteiger partial charge in [0, 0.05) is 26.3 Å². The van der Waals surface area contributed by atoms with Crippen LogP contribution in [-0.2, 0) is 14.8 Å². The average Bonchev–Trinajstić information content (AvgIpc) is 2.95. The molecular formula is C19H23N5O3S. The molecule has 1 fully saturated rings. The third kappa shape index (κ3) is 3.36. The second kappa shape index (κ2) is 7.50. The summed E-state index contributed by atoms with van der Waals surface area (Å²) in [5.41, 5.74) is 1.36. The number of rotatable bonds is 4. The average molecular weight is 401 g/mol. The van der Waals surface area contributed by atoms with Gasteiger partial charge in [-0.1, -0.05) is 17.7 Å². The summed E-state index contributed by atoms with van der Waals surface area (Å²) in [5.74, 6) is 0.681. The van der Waals surface area contributed by atoms with Gasteiger partial charge in [0.15, 0.2) is 5.65 Å². The highest BCUT2D eigenvalue weighted by Crippen LogP contribution is 2.27. The Kier molecular flexibility index (Phi) is 5.05. The predicted octanol–water partition coefficient (Wildman–Crippen LogP) is 1.40. The standard InChI is InChI=1S/C19H23N5O3S/c1-14-3-5-16(6-4-14)28(25,26)24-9-7-17-18(21-13-22-19(17)24)23(2)15-11-20-8-10-27-12-15/h3-7,9,13,15,20H,8,10-12H2,1-2H3. The lowest BCUT2D eigenvalue weighted by atomic mass is 10.2. The molecule has 9 heteroatoms.